The van der Waals surface area contributed by atoms with Gasteiger partial charge in [0.05, 0.1) is 12.6 Å². The van der Waals surface area contributed by atoms with Crippen molar-refractivity contribution in [3.63, 3.8) is 0 Å². The molecule has 1 unspecified atom stereocenters. The maximum absolute atomic E-state index is 4.93. The van der Waals surface area contributed by atoms with E-state index in [2.05, 4.69) is 54.7 Å². The number of guanidine groups is 1. The summed E-state index contributed by atoms with van der Waals surface area (Å²) in [6.45, 7) is 4.30. The van der Waals surface area contributed by atoms with Crippen LogP contribution in [-0.4, -0.2) is 23.1 Å². The first-order valence-electron chi connectivity index (χ1n) is 6.61. The lowest BCUT2D eigenvalue weighted by molar-refractivity contribution is 0.386. The third-order valence-electron chi connectivity index (χ3n) is 2.93. The molecule has 21 heavy (non-hydrogen) atoms. The Kier molecular flexibility index (Phi) is 5.32. The molecule has 1 atom stereocenters. The van der Waals surface area contributed by atoms with Crippen LogP contribution in [0.2, 0.25) is 0 Å². The van der Waals surface area contributed by atoms with Crippen molar-refractivity contribution in [1.82, 2.24) is 20.8 Å². The molecule has 0 aliphatic carbocycles. The van der Waals surface area contributed by atoms with Crippen molar-refractivity contribution in [3.05, 3.63) is 46.0 Å². The molecule has 2 N–H and O–H groups in total. The van der Waals surface area contributed by atoms with Gasteiger partial charge in [-0.05, 0) is 18.6 Å². The zero-order chi connectivity index (χ0) is 15.2. The van der Waals surface area contributed by atoms with E-state index in [0.29, 0.717) is 24.2 Å². The Bertz CT molecular complexity index is 625. The molecule has 0 saturated carbocycles. The number of nitrogens with zero attached hydrogens (tertiary/aromatic N) is 3. The van der Waals surface area contributed by atoms with Gasteiger partial charge in [-0.15, -0.1) is 0 Å². The van der Waals surface area contributed by atoms with Crippen molar-refractivity contribution in [2.75, 3.05) is 7.05 Å². The highest BCUT2D eigenvalue weighted by Gasteiger charge is 2.11. The lowest BCUT2D eigenvalue weighted by Crippen LogP contribution is -2.38. The molecule has 112 valence electrons. The summed E-state index contributed by atoms with van der Waals surface area (Å²) in [7, 11) is 1.73. The maximum Gasteiger partial charge on any atom is 0.223 e. The Labute approximate surface area is 132 Å². The molecule has 0 amide bonds. The van der Waals surface area contributed by atoms with E-state index in [-0.39, 0.29) is 6.04 Å². The van der Waals surface area contributed by atoms with E-state index >= 15 is 0 Å². The van der Waals surface area contributed by atoms with Gasteiger partial charge in [0, 0.05) is 18.4 Å². The Balaban J connectivity index is 1.95. The van der Waals surface area contributed by atoms with Gasteiger partial charge in [0.15, 0.2) is 11.8 Å². The number of hydrogen-bond donors (Lipinski definition) is 2. The van der Waals surface area contributed by atoms with Crippen LogP contribution in [0.5, 0.6) is 0 Å². The zero-order valence-corrected chi connectivity index (χ0v) is 13.8. The summed E-state index contributed by atoms with van der Waals surface area (Å²) in [6.07, 6.45) is 0. The summed E-state index contributed by atoms with van der Waals surface area (Å²) in [4.78, 5) is 8.34. The number of halogens is 1. The average molecular weight is 352 g/mol. The number of aliphatic imine (C=N–C) groups is 1. The van der Waals surface area contributed by atoms with E-state index in [1.54, 1.807) is 14.0 Å². The van der Waals surface area contributed by atoms with Gasteiger partial charge in [-0.2, -0.15) is 4.98 Å². The summed E-state index contributed by atoms with van der Waals surface area (Å²) in [5.41, 5.74) is 1.16. The molecule has 0 aliphatic heterocycles. The first-order valence-corrected chi connectivity index (χ1v) is 7.40. The molecule has 2 aromatic rings. The highest BCUT2D eigenvalue weighted by Crippen LogP contribution is 2.22. The number of nitrogens with one attached hydrogen (secondary N) is 2. The fourth-order valence-electron chi connectivity index (χ4n) is 1.88. The normalized spacial score (nSPS) is 13.0. The van der Waals surface area contributed by atoms with E-state index in [4.69, 9.17) is 4.52 Å². The van der Waals surface area contributed by atoms with Gasteiger partial charge in [-0.1, -0.05) is 39.3 Å². The van der Waals surface area contributed by atoms with E-state index in [0.717, 1.165) is 10.0 Å². The Morgan fingerprint density at radius 1 is 1.43 bits per heavy atom. The number of benzene rings is 1. The predicted octanol–water partition coefficient (Wildman–Crippen LogP) is 2.57. The largest absolute Gasteiger partial charge is 0.350 e. The van der Waals surface area contributed by atoms with Gasteiger partial charge < -0.3 is 15.2 Å². The Hall–Kier alpha value is -1.89. The molecule has 0 saturated heterocycles. The predicted molar refractivity (Wildman–Crippen MR) is 84.9 cm³/mol. The van der Waals surface area contributed by atoms with Crippen LogP contribution in [0.15, 0.2) is 38.3 Å². The molecule has 7 heteroatoms. The highest BCUT2D eigenvalue weighted by atomic mass is 79.9. The van der Waals surface area contributed by atoms with E-state index in [1.165, 1.54) is 0 Å². The molecule has 2 rings (SSSR count). The second kappa shape index (κ2) is 7.21. The lowest BCUT2D eigenvalue weighted by atomic mass is 10.1. The molecule has 0 bridgehead atoms. The van der Waals surface area contributed by atoms with Crippen LogP contribution in [0, 0.1) is 6.92 Å². The minimum Gasteiger partial charge on any atom is -0.350 e. The molecular weight excluding hydrogens is 334 g/mol. The minimum absolute atomic E-state index is 0.110. The fourth-order valence-corrected chi connectivity index (χ4v) is 2.51. The second-order valence-electron chi connectivity index (χ2n) is 4.54. The van der Waals surface area contributed by atoms with Crippen LogP contribution in [-0.2, 0) is 6.54 Å². The van der Waals surface area contributed by atoms with Crippen molar-refractivity contribution >= 4 is 21.9 Å². The van der Waals surface area contributed by atoms with Crippen molar-refractivity contribution in [3.8, 4) is 0 Å². The Morgan fingerprint density at radius 2 is 2.19 bits per heavy atom. The van der Waals surface area contributed by atoms with Crippen LogP contribution >= 0.6 is 15.9 Å². The monoisotopic (exact) mass is 351 g/mol. The SMILES string of the molecule is CN=C(NCc1noc(C)n1)NC(C)c1ccccc1Br. The second-order valence-corrected chi connectivity index (χ2v) is 5.40. The Morgan fingerprint density at radius 3 is 2.81 bits per heavy atom. The number of rotatable bonds is 4. The summed E-state index contributed by atoms with van der Waals surface area (Å²) in [5, 5.41) is 10.3. The zero-order valence-electron chi connectivity index (χ0n) is 12.2. The third-order valence-corrected chi connectivity index (χ3v) is 3.65. The van der Waals surface area contributed by atoms with Gasteiger partial charge in [0.1, 0.15) is 0 Å². The first kappa shape index (κ1) is 15.5. The van der Waals surface area contributed by atoms with E-state index < -0.39 is 0 Å². The molecule has 0 radical (unpaired) electrons. The number of hydrogen-bond acceptors (Lipinski definition) is 4. The van der Waals surface area contributed by atoms with Gasteiger partial charge in [-0.3, -0.25) is 4.99 Å². The molecule has 1 aromatic heterocycles. The first-order chi connectivity index (χ1) is 10.1. The molecule has 0 spiro atoms. The topological polar surface area (TPSA) is 75.3 Å². The summed E-state index contributed by atoms with van der Waals surface area (Å²) < 4.78 is 5.99. The van der Waals surface area contributed by atoms with Crippen LogP contribution in [0.25, 0.3) is 0 Å². The summed E-state index contributed by atoms with van der Waals surface area (Å²) in [6, 6.07) is 8.20. The number of aromatic nitrogens is 2. The average Bonchev–Trinajstić information content (AvgIpc) is 2.89. The van der Waals surface area contributed by atoms with Crippen LogP contribution in [0.3, 0.4) is 0 Å². The van der Waals surface area contributed by atoms with E-state index in [9.17, 15) is 0 Å². The van der Waals surface area contributed by atoms with Crippen LogP contribution < -0.4 is 10.6 Å². The number of aryl methyl sites for hydroxylation is 1. The molecule has 0 fully saturated rings. The standard InChI is InChI=1S/C14H18BrN5O/c1-9(11-6-4-5-7-12(11)15)18-14(16-3)17-8-13-19-10(2)21-20-13/h4-7,9H,8H2,1-3H3,(H2,16,17,18). The van der Waals surface area contributed by atoms with E-state index in [1.807, 2.05) is 18.2 Å². The third kappa shape index (κ3) is 4.29. The van der Waals surface area contributed by atoms with Gasteiger partial charge in [0.25, 0.3) is 0 Å². The lowest BCUT2D eigenvalue weighted by Gasteiger charge is -2.18. The van der Waals surface area contributed by atoms with Gasteiger partial charge >= 0.3 is 0 Å². The fraction of sp³-hybridized carbons (Fsp3) is 0.357. The molecule has 1 aromatic carbocycles. The minimum atomic E-state index is 0.110. The molecule has 1 heterocycles. The smallest absolute Gasteiger partial charge is 0.223 e. The summed E-state index contributed by atoms with van der Waals surface area (Å²) >= 11 is 3.55. The van der Waals surface area contributed by atoms with Crippen molar-refractivity contribution in [1.29, 1.82) is 0 Å². The molecular formula is C14H18BrN5O. The van der Waals surface area contributed by atoms with Crippen molar-refractivity contribution < 1.29 is 4.52 Å². The molecule has 0 aliphatic rings. The van der Waals surface area contributed by atoms with Gasteiger partial charge in [0.2, 0.25) is 5.89 Å². The van der Waals surface area contributed by atoms with Crippen molar-refractivity contribution in [2.45, 2.75) is 26.4 Å². The quantitative estimate of drug-likeness (QED) is 0.653. The van der Waals surface area contributed by atoms with Crippen molar-refractivity contribution in [2.24, 2.45) is 4.99 Å². The van der Waals surface area contributed by atoms with Crippen LogP contribution in [0.1, 0.15) is 30.2 Å². The maximum atomic E-state index is 4.93. The summed E-state index contributed by atoms with van der Waals surface area (Å²) in [5.74, 6) is 1.83. The highest BCUT2D eigenvalue weighted by molar-refractivity contribution is 9.10. The molecule has 6 nitrogen and oxygen atoms in total. The van der Waals surface area contributed by atoms with Crippen LogP contribution in [0.4, 0.5) is 0 Å². The van der Waals surface area contributed by atoms with Gasteiger partial charge in [-0.25, -0.2) is 0 Å².